The number of ether oxygens (including phenoxy) is 1. The second-order valence-electron chi connectivity index (χ2n) is 2.68. The van der Waals surface area contributed by atoms with E-state index in [4.69, 9.17) is 15.6 Å². The van der Waals surface area contributed by atoms with E-state index in [0.29, 0.717) is 0 Å². The highest BCUT2D eigenvalue weighted by Gasteiger charge is 2.06. The van der Waals surface area contributed by atoms with Crippen LogP contribution in [0.2, 0.25) is 0 Å². The minimum absolute atomic E-state index is 0.0568. The molecule has 1 aromatic rings. The number of methoxy groups -OCH3 is 1. The van der Waals surface area contributed by atoms with Gasteiger partial charge in [0.2, 0.25) is 0 Å². The molecule has 0 aliphatic heterocycles. The van der Waals surface area contributed by atoms with Gasteiger partial charge in [0.05, 0.1) is 24.2 Å². The number of halogens is 1. The molecule has 3 nitrogen and oxygen atoms in total. The summed E-state index contributed by atoms with van der Waals surface area (Å²) in [5, 5.41) is 8.83. The molecule has 1 unspecified atom stereocenters. The predicted molar refractivity (Wildman–Crippen MR) is 54.7 cm³/mol. The van der Waals surface area contributed by atoms with E-state index in [2.05, 4.69) is 15.9 Å². The Morgan fingerprint density at radius 2 is 2.31 bits per heavy atom. The van der Waals surface area contributed by atoms with Gasteiger partial charge < -0.3 is 15.6 Å². The Hall–Kier alpha value is -0.580. The Labute approximate surface area is 85.6 Å². The Kier molecular flexibility index (Phi) is 3.71. The first-order valence-corrected chi connectivity index (χ1v) is 4.68. The normalized spacial score (nSPS) is 12.6. The van der Waals surface area contributed by atoms with Gasteiger partial charge in [-0.3, -0.25) is 0 Å². The minimum Gasteiger partial charge on any atom is -0.496 e. The van der Waals surface area contributed by atoms with E-state index in [1.54, 1.807) is 7.11 Å². The molecule has 72 valence electrons. The molecule has 1 aromatic carbocycles. The molecule has 0 aliphatic rings. The average Bonchev–Trinajstić information content (AvgIpc) is 2.16. The lowest BCUT2D eigenvalue weighted by atomic mass is 10.1. The Morgan fingerprint density at radius 3 is 2.77 bits per heavy atom. The van der Waals surface area contributed by atoms with Crippen LogP contribution < -0.4 is 10.5 Å². The van der Waals surface area contributed by atoms with Crippen LogP contribution in [0.1, 0.15) is 11.6 Å². The summed E-state index contributed by atoms with van der Waals surface area (Å²) >= 11 is 3.34. The van der Waals surface area contributed by atoms with Crippen molar-refractivity contribution >= 4 is 15.9 Å². The molecule has 4 heteroatoms. The Bertz CT molecular complexity index is 291. The van der Waals surface area contributed by atoms with Crippen molar-refractivity contribution in [2.75, 3.05) is 13.7 Å². The fraction of sp³-hybridized carbons (Fsp3) is 0.333. The number of benzene rings is 1. The molecule has 0 saturated heterocycles. The summed E-state index contributed by atoms with van der Waals surface area (Å²) in [4.78, 5) is 0. The molecule has 0 heterocycles. The Morgan fingerprint density at radius 1 is 1.62 bits per heavy atom. The van der Waals surface area contributed by atoms with E-state index in [1.807, 2.05) is 18.2 Å². The van der Waals surface area contributed by atoms with Gasteiger partial charge >= 0.3 is 0 Å². The van der Waals surface area contributed by atoms with Crippen LogP contribution in [0.3, 0.4) is 0 Å². The molecule has 0 aliphatic carbocycles. The van der Waals surface area contributed by atoms with E-state index in [0.717, 1.165) is 15.8 Å². The molecular formula is C9H12BrNO2. The largest absolute Gasteiger partial charge is 0.496 e. The summed E-state index contributed by atoms with van der Waals surface area (Å²) in [5.41, 5.74) is 6.53. The lowest BCUT2D eigenvalue weighted by molar-refractivity contribution is 0.268. The second kappa shape index (κ2) is 4.60. The van der Waals surface area contributed by atoms with Gasteiger partial charge in [-0.05, 0) is 33.6 Å². The number of nitrogens with two attached hydrogens (primary N) is 1. The Balaban J connectivity index is 2.95. The molecule has 0 radical (unpaired) electrons. The third-order valence-corrected chi connectivity index (χ3v) is 2.42. The highest BCUT2D eigenvalue weighted by molar-refractivity contribution is 9.10. The van der Waals surface area contributed by atoms with E-state index >= 15 is 0 Å². The topological polar surface area (TPSA) is 55.5 Å². The first-order valence-electron chi connectivity index (χ1n) is 3.89. The molecule has 0 bridgehead atoms. The number of hydrogen-bond donors (Lipinski definition) is 2. The minimum atomic E-state index is -0.331. The van der Waals surface area contributed by atoms with Crippen LogP contribution in [0, 0.1) is 0 Å². The second-order valence-corrected chi connectivity index (χ2v) is 3.54. The highest BCUT2D eigenvalue weighted by Crippen LogP contribution is 2.27. The average molecular weight is 246 g/mol. The van der Waals surface area contributed by atoms with E-state index in [-0.39, 0.29) is 12.6 Å². The van der Waals surface area contributed by atoms with E-state index < -0.39 is 0 Å². The molecule has 0 fully saturated rings. The van der Waals surface area contributed by atoms with Gasteiger partial charge in [-0.1, -0.05) is 6.07 Å². The molecule has 1 rings (SSSR count). The van der Waals surface area contributed by atoms with Crippen molar-refractivity contribution in [2.24, 2.45) is 5.73 Å². The first-order chi connectivity index (χ1) is 6.19. The van der Waals surface area contributed by atoms with Crippen LogP contribution in [0.4, 0.5) is 0 Å². The lowest BCUT2D eigenvalue weighted by Crippen LogP contribution is -2.14. The summed E-state index contributed by atoms with van der Waals surface area (Å²) < 4.78 is 5.91. The third kappa shape index (κ3) is 2.43. The maximum Gasteiger partial charge on any atom is 0.133 e. The van der Waals surface area contributed by atoms with Gasteiger partial charge in [-0.2, -0.15) is 0 Å². The molecule has 0 aromatic heterocycles. The van der Waals surface area contributed by atoms with Crippen molar-refractivity contribution in [3.8, 4) is 5.75 Å². The van der Waals surface area contributed by atoms with Crippen molar-refractivity contribution in [2.45, 2.75) is 6.04 Å². The standard InChI is InChI=1S/C9H12BrNO2/c1-13-9-3-2-6(4-7(9)10)8(11)5-12/h2-4,8,12H,5,11H2,1H3. The van der Waals surface area contributed by atoms with Gasteiger partial charge in [0.15, 0.2) is 0 Å². The highest BCUT2D eigenvalue weighted by atomic mass is 79.9. The summed E-state index contributed by atoms with van der Waals surface area (Å²) in [7, 11) is 1.60. The molecular weight excluding hydrogens is 234 g/mol. The quantitative estimate of drug-likeness (QED) is 0.848. The number of aliphatic hydroxyl groups excluding tert-OH is 1. The number of rotatable bonds is 3. The number of aliphatic hydroxyl groups is 1. The van der Waals surface area contributed by atoms with Crippen LogP contribution in [0.5, 0.6) is 5.75 Å². The zero-order valence-electron chi connectivity index (χ0n) is 7.33. The smallest absolute Gasteiger partial charge is 0.133 e. The third-order valence-electron chi connectivity index (χ3n) is 1.80. The maximum absolute atomic E-state index is 8.83. The molecule has 13 heavy (non-hydrogen) atoms. The summed E-state index contributed by atoms with van der Waals surface area (Å²) in [6, 6.07) is 5.17. The van der Waals surface area contributed by atoms with Crippen LogP contribution in [-0.2, 0) is 0 Å². The zero-order chi connectivity index (χ0) is 9.84. The zero-order valence-corrected chi connectivity index (χ0v) is 8.91. The fourth-order valence-corrected chi connectivity index (χ4v) is 1.58. The van der Waals surface area contributed by atoms with Crippen molar-refractivity contribution in [1.82, 2.24) is 0 Å². The van der Waals surface area contributed by atoms with Crippen LogP contribution in [-0.4, -0.2) is 18.8 Å². The summed E-state index contributed by atoms with van der Waals surface area (Å²) in [5.74, 6) is 0.758. The fourth-order valence-electron chi connectivity index (χ4n) is 1.02. The lowest BCUT2D eigenvalue weighted by Gasteiger charge is -2.10. The van der Waals surface area contributed by atoms with E-state index in [9.17, 15) is 0 Å². The van der Waals surface area contributed by atoms with Crippen molar-refractivity contribution in [3.05, 3.63) is 28.2 Å². The number of hydrogen-bond acceptors (Lipinski definition) is 3. The van der Waals surface area contributed by atoms with Gasteiger partial charge in [-0.15, -0.1) is 0 Å². The summed E-state index contributed by atoms with van der Waals surface area (Å²) in [6.45, 7) is -0.0568. The van der Waals surface area contributed by atoms with Crippen molar-refractivity contribution in [1.29, 1.82) is 0 Å². The van der Waals surface area contributed by atoms with Gasteiger partial charge in [0.1, 0.15) is 5.75 Å². The molecule has 3 N–H and O–H groups in total. The predicted octanol–water partition coefficient (Wildman–Crippen LogP) is 1.45. The molecule has 0 amide bonds. The van der Waals surface area contributed by atoms with Gasteiger partial charge in [-0.25, -0.2) is 0 Å². The van der Waals surface area contributed by atoms with Crippen molar-refractivity contribution in [3.63, 3.8) is 0 Å². The molecule has 0 spiro atoms. The van der Waals surface area contributed by atoms with Crippen LogP contribution in [0.25, 0.3) is 0 Å². The molecule has 0 saturated carbocycles. The van der Waals surface area contributed by atoms with Crippen LogP contribution in [0.15, 0.2) is 22.7 Å². The van der Waals surface area contributed by atoms with Crippen LogP contribution >= 0.6 is 15.9 Å². The van der Waals surface area contributed by atoms with Gasteiger partial charge in [0.25, 0.3) is 0 Å². The van der Waals surface area contributed by atoms with Crippen molar-refractivity contribution < 1.29 is 9.84 Å². The maximum atomic E-state index is 8.83. The first kappa shape index (κ1) is 10.5. The monoisotopic (exact) mass is 245 g/mol. The van der Waals surface area contributed by atoms with E-state index in [1.165, 1.54) is 0 Å². The van der Waals surface area contributed by atoms with Gasteiger partial charge in [0, 0.05) is 0 Å². The SMILES string of the molecule is COc1ccc(C(N)CO)cc1Br. The molecule has 1 atom stereocenters. The summed E-state index contributed by atoms with van der Waals surface area (Å²) in [6.07, 6.45) is 0.